The van der Waals surface area contributed by atoms with Gasteiger partial charge in [0.1, 0.15) is 0 Å². The lowest BCUT2D eigenvalue weighted by molar-refractivity contribution is 0.0954. The van der Waals surface area contributed by atoms with E-state index in [1.54, 1.807) is 18.2 Å². The number of benzene rings is 2. The van der Waals surface area contributed by atoms with Crippen LogP contribution in [0.3, 0.4) is 0 Å². The average molecular weight is 329 g/mol. The molecule has 0 unspecified atom stereocenters. The second-order valence-corrected chi connectivity index (χ2v) is 5.48. The fraction of sp³-hybridized carbons (Fsp3) is 0.133. The van der Waals surface area contributed by atoms with Gasteiger partial charge in [0.25, 0.3) is 5.91 Å². The highest BCUT2D eigenvalue weighted by atomic mass is 35.5. The molecule has 0 aliphatic heterocycles. The molecule has 20 heavy (non-hydrogen) atoms. The van der Waals surface area contributed by atoms with Crippen LogP contribution in [0.15, 0.2) is 42.5 Å². The highest BCUT2D eigenvalue weighted by Gasteiger charge is 2.13. The summed E-state index contributed by atoms with van der Waals surface area (Å²) in [5, 5.41) is 4.17. The Balaban J connectivity index is 1.96. The molecule has 2 rings (SSSR count). The lowest BCUT2D eigenvalue weighted by Gasteiger charge is -2.08. The van der Waals surface area contributed by atoms with Crippen LogP contribution < -0.4 is 5.32 Å². The summed E-state index contributed by atoms with van der Waals surface area (Å²) in [6, 6.07) is 12.5. The Hall–Kier alpha value is -1.22. The summed E-state index contributed by atoms with van der Waals surface area (Å²) in [5.41, 5.74) is 1.37. The Morgan fingerprint density at radius 1 is 1.00 bits per heavy atom. The van der Waals surface area contributed by atoms with Gasteiger partial charge in [-0.15, -0.1) is 0 Å². The average Bonchev–Trinajstić information content (AvgIpc) is 2.38. The van der Waals surface area contributed by atoms with E-state index in [0.29, 0.717) is 33.6 Å². The molecule has 0 fully saturated rings. The van der Waals surface area contributed by atoms with Crippen molar-refractivity contribution in [2.75, 3.05) is 6.54 Å². The van der Waals surface area contributed by atoms with Gasteiger partial charge in [0.05, 0.1) is 15.6 Å². The number of carbonyl (C=O) groups is 1. The SMILES string of the molecule is O=C(NCCc1cccc(Cl)c1)c1c(Cl)cccc1Cl. The van der Waals surface area contributed by atoms with Crippen molar-refractivity contribution in [3.05, 3.63) is 68.7 Å². The number of hydrogen-bond donors (Lipinski definition) is 1. The topological polar surface area (TPSA) is 29.1 Å². The monoisotopic (exact) mass is 327 g/mol. The first-order valence-corrected chi connectivity index (χ1v) is 7.18. The zero-order chi connectivity index (χ0) is 14.5. The van der Waals surface area contributed by atoms with E-state index in [9.17, 15) is 4.79 Å². The summed E-state index contributed by atoms with van der Waals surface area (Å²) in [5.74, 6) is -0.275. The van der Waals surface area contributed by atoms with E-state index >= 15 is 0 Å². The number of rotatable bonds is 4. The van der Waals surface area contributed by atoms with Crippen LogP contribution in [-0.4, -0.2) is 12.5 Å². The Bertz CT molecular complexity index is 608. The molecule has 0 heterocycles. The zero-order valence-electron chi connectivity index (χ0n) is 10.5. The molecular weight excluding hydrogens is 317 g/mol. The van der Waals surface area contributed by atoms with Crippen LogP contribution in [0.4, 0.5) is 0 Å². The molecule has 0 aliphatic carbocycles. The molecular formula is C15H12Cl3NO. The maximum Gasteiger partial charge on any atom is 0.254 e. The Labute approximate surface area is 132 Å². The van der Waals surface area contributed by atoms with Crippen LogP contribution in [-0.2, 0) is 6.42 Å². The summed E-state index contributed by atoms with van der Waals surface area (Å²) in [7, 11) is 0. The van der Waals surface area contributed by atoms with Crippen LogP contribution >= 0.6 is 34.8 Å². The standard InChI is InChI=1S/C15H12Cl3NO/c16-11-4-1-3-10(9-11)7-8-19-15(20)14-12(17)5-2-6-13(14)18/h1-6,9H,7-8H2,(H,19,20). The fourth-order valence-corrected chi connectivity index (χ4v) is 2.60. The predicted molar refractivity (Wildman–Crippen MR) is 84.0 cm³/mol. The molecule has 1 amide bonds. The van der Waals surface area contributed by atoms with Crippen molar-refractivity contribution in [3.8, 4) is 0 Å². The molecule has 1 N–H and O–H groups in total. The minimum absolute atomic E-state index is 0.275. The maximum absolute atomic E-state index is 12.0. The molecule has 2 nitrogen and oxygen atoms in total. The van der Waals surface area contributed by atoms with Gasteiger partial charge in [-0.25, -0.2) is 0 Å². The van der Waals surface area contributed by atoms with Crippen molar-refractivity contribution in [1.29, 1.82) is 0 Å². The molecule has 0 atom stereocenters. The molecule has 5 heteroatoms. The third-order valence-electron chi connectivity index (χ3n) is 2.78. The lowest BCUT2D eigenvalue weighted by atomic mass is 10.1. The van der Waals surface area contributed by atoms with Crippen molar-refractivity contribution in [2.24, 2.45) is 0 Å². The molecule has 0 bridgehead atoms. The summed E-state index contributed by atoms with van der Waals surface area (Å²) in [6.07, 6.45) is 0.689. The van der Waals surface area contributed by atoms with E-state index in [1.165, 1.54) is 0 Å². The van der Waals surface area contributed by atoms with Gasteiger partial charge in [0.2, 0.25) is 0 Å². The van der Waals surface area contributed by atoms with Crippen LogP contribution in [0.25, 0.3) is 0 Å². The highest BCUT2D eigenvalue weighted by Crippen LogP contribution is 2.23. The van der Waals surface area contributed by atoms with E-state index in [4.69, 9.17) is 34.8 Å². The second kappa shape index (κ2) is 6.98. The van der Waals surface area contributed by atoms with Crippen molar-refractivity contribution in [3.63, 3.8) is 0 Å². The Kier molecular flexibility index (Phi) is 5.30. The molecule has 2 aromatic carbocycles. The number of amides is 1. The molecule has 0 saturated carbocycles. The van der Waals surface area contributed by atoms with Crippen molar-refractivity contribution >= 4 is 40.7 Å². The van der Waals surface area contributed by atoms with Crippen LogP contribution in [0.5, 0.6) is 0 Å². The summed E-state index contributed by atoms with van der Waals surface area (Å²) < 4.78 is 0. The van der Waals surface area contributed by atoms with E-state index in [-0.39, 0.29) is 5.91 Å². The van der Waals surface area contributed by atoms with Gasteiger partial charge in [0, 0.05) is 11.6 Å². The maximum atomic E-state index is 12.0. The lowest BCUT2D eigenvalue weighted by Crippen LogP contribution is -2.26. The molecule has 0 saturated heterocycles. The van der Waals surface area contributed by atoms with E-state index in [2.05, 4.69) is 5.32 Å². The van der Waals surface area contributed by atoms with Crippen molar-refractivity contribution < 1.29 is 4.79 Å². The second-order valence-electron chi connectivity index (χ2n) is 4.23. The highest BCUT2D eigenvalue weighted by molar-refractivity contribution is 6.39. The smallest absolute Gasteiger partial charge is 0.254 e. The van der Waals surface area contributed by atoms with Gasteiger partial charge in [-0.05, 0) is 36.2 Å². The third kappa shape index (κ3) is 3.89. The minimum Gasteiger partial charge on any atom is -0.352 e. The van der Waals surface area contributed by atoms with Crippen LogP contribution in [0, 0.1) is 0 Å². The molecule has 104 valence electrons. The molecule has 0 spiro atoms. The first-order chi connectivity index (χ1) is 9.58. The van der Waals surface area contributed by atoms with Gasteiger partial charge in [-0.1, -0.05) is 53.0 Å². The minimum atomic E-state index is -0.275. The van der Waals surface area contributed by atoms with Gasteiger partial charge in [-0.3, -0.25) is 4.79 Å². The number of nitrogens with one attached hydrogen (secondary N) is 1. The van der Waals surface area contributed by atoms with Gasteiger partial charge in [0.15, 0.2) is 0 Å². The van der Waals surface area contributed by atoms with Gasteiger partial charge in [-0.2, -0.15) is 0 Å². The van der Waals surface area contributed by atoms with Gasteiger partial charge >= 0.3 is 0 Å². The van der Waals surface area contributed by atoms with Gasteiger partial charge < -0.3 is 5.32 Å². The fourth-order valence-electron chi connectivity index (χ4n) is 1.82. The zero-order valence-corrected chi connectivity index (χ0v) is 12.8. The first-order valence-electron chi connectivity index (χ1n) is 6.04. The molecule has 0 aromatic heterocycles. The molecule has 2 aromatic rings. The summed E-state index contributed by atoms with van der Waals surface area (Å²) in [4.78, 5) is 12.0. The Morgan fingerprint density at radius 2 is 1.65 bits per heavy atom. The predicted octanol–water partition coefficient (Wildman–Crippen LogP) is 4.62. The number of halogens is 3. The largest absolute Gasteiger partial charge is 0.352 e. The number of hydrogen-bond acceptors (Lipinski definition) is 1. The molecule has 0 radical (unpaired) electrons. The Morgan fingerprint density at radius 3 is 2.30 bits per heavy atom. The van der Waals surface area contributed by atoms with Crippen molar-refractivity contribution in [1.82, 2.24) is 5.32 Å². The quantitative estimate of drug-likeness (QED) is 0.872. The number of carbonyl (C=O) groups excluding carboxylic acids is 1. The summed E-state index contributed by atoms with van der Waals surface area (Å²) >= 11 is 17.9. The first kappa shape index (κ1) is 15.2. The summed E-state index contributed by atoms with van der Waals surface area (Å²) in [6.45, 7) is 0.487. The normalized spacial score (nSPS) is 10.3. The van der Waals surface area contributed by atoms with Crippen LogP contribution in [0.1, 0.15) is 15.9 Å². The van der Waals surface area contributed by atoms with Crippen LogP contribution in [0.2, 0.25) is 15.1 Å². The molecule has 0 aliphatic rings. The van der Waals surface area contributed by atoms with E-state index in [0.717, 1.165) is 5.56 Å². The van der Waals surface area contributed by atoms with E-state index in [1.807, 2.05) is 24.3 Å². The van der Waals surface area contributed by atoms with Crippen molar-refractivity contribution in [2.45, 2.75) is 6.42 Å². The third-order valence-corrected chi connectivity index (χ3v) is 3.64. The van der Waals surface area contributed by atoms with E-state index < -0.39 is 0 Å².